The summed E-state index contributed by atoms with van der Waals surface area (Å²) in [7, 11) is 0. The Morgan fingerprint density at radius 1 is 1.30 bits per heavy atom. The molecule has 1 fully saturated rings. The van der Waals surface area contributed by atoms with Crippen molar-refractivity contribution in [2.75, 3.05) is 19.6 Å². The highest BCUT2D eigenvalue weighted by Crippen LogP contribution is 2.16. The first-order valence-electron chi connectivity index (χ1n) is 7.50. The van der Waals surface area contributed by atoms with Gasteiger partial charge in [0.1, 0.15) is 5.75 Å². The zero-order valence-electron chi connectivity index (χ0n) is 12.5. The lowest BCUT2D eigenvalue weighted by molar-refractivity contribution is 0.273. The molecule has 1 aromatic carbocycles. The molecule has 4 nitrogen and oxygen atoms in total. The van der Waals surface area contributed by atoms with Crippen LogP contribution in [0.1, 0.15) is 32.3 Å². The monoisotopic (exact) mass is 275 g/mol. The van der Waals surface area contributed by atoms with Gasteiger partial charge >= 0.3 is 0 Å². The minimum absolute atomic E-state index is 0.301. The zero-order chi connectivity index (χ0) is 14.4. The van der Waals surface area contributed by atoms with E-state index < -0.39 is 0 Å². The minimum Gasteiger partial charge on any atom is -0.508 e. The van der Waals surface area contributed by atoms with Crippen molar-refractivity contribution in [3.05, 3.63) is 29.8 Å². The van der Waals surface area contributed by atoms with E-state index in [1.54, 1.807) is 12.1 Å². The van der Waals surface area contributed by atoms with Crippen molar-refractivity contribution in [1.82, 2.24) is 10.2 Å². The van der Waals surface area contributed by atoms with E-state index in [2.05, 4.69) is 24.1 Å². The molecule has 1 aliphatic heterocycles. The van der Waals surface area contributed by atoms with Gasteiger partial charge in [0.25, 0.3) is 0 Å². The van der Waals surface area contributed by atoms with Crippen molar-refractivity contribution in [3.63, 3.8) is 0 Å². The van der Waals surface area contributed by atoms with Crippen LogP contribution in [0, 0.1) is 5.92 Å². The van der Waals surface area contributed by atoms with Gasteiger partial charge in [-0.05, 0) is 43.4 Å². The number of nitrogens with one attached hydrogen (secondary N) is 1. The molecule has 0 aliphatic carbocycles. The fraction of sp³-hybridized carbons (Fsp3) is 0.562. The third kappa shape index (κ3) is 4.15. The predicted molar refractivity (Wildman–Crippen MR) is 82.9 cm³/mol. The Morgan fingerprint density at radius 3 is 2.55 bits per heavy atom. The van der Waals surface area contributed by atoms with Gasteiger partial charge in [-0.15, -0.1) is 0 Å². The first-order valence-corrected chi connectivity index (χ1v) is 7.50. The maximum Gasteiger partial charge on any atom is 0.194 e. The molecule has 2 N–H and O–H groups in total. The molecule has 0 saturated carbocycles. The van der Waals surface area contributed by atoms with Gasteiger partial charge in [0.05, 0.1) is 6.54 Å². The number of rotatable bonds is 3. The van der Waals surface area contributed by atoms with Crippen LogP contribution < -0.4 is 5.32 Å². The van der Waals surface area contributed by atoms with E-state index in [0.29, 0.717) is 12.3 Å². The number of aromatic hydroxyl groups is 1. The van der Waals surface area contributed by atoms with Crippen LogP contribution in [0.3, 0.4) is 0 Å². The maximum atomic E-state index is 9.29. The summed E-state index contributed by atoms with van der Waals surface area (Å²) in [5, 5.41) is 12.7. The molecule has 1 saturated heterocycles. The van der Waals surface area contributed by atoms with Crippen LogP contribution in [0.4, 0.5) is 0 Å². The average molecular weight is 275 g/mol. The number of phenols is 1. The van der Waals surface area contributed by atoms with E-state index in [-0.39, 0.29) is 0 Å². The standard InChI is InChI=1S/C16H25N3O/c1-3-17-16(19-10-8-13(2)9-11-19)18-12-14-4-6-15(20)7-5-14/h4-7,13,20H,3,8-12H2,1-2H3,(H,17,18). The molecule has 0 atom stereocenters. The molecule has 0 unspecified atom stereocenters. The van der Waals surface area contributed by atoms with E-state index in [9.17, 15) is 5.11 Å². The third-order valence-electron chi connectivity index (χ3n) is 3.77. The van der Waals surface area contributed by atoms with Gasteiger partial charge in [-0.3, -0.25) is 0 Å². The Labute approximate surface area is 121 Å². The second-order valence-corrected chi connectivity index (χ2v) is 5.51. The molecular weight excluding hydrogens is 250 g/mol. The Morgan fingerprint density at radius 2 is 1.95 bits per heavy atom. The lowest BCUT2D eigenvalue weighted by Gasteiger charge is -2.33. The molecule has 0 aromatic heterocycles. The predicted octanol–water partition coefficient (Wildman–Crippen LogP) is 2.59. The van der Waals surface area contributed by atoms with E-state index in [0.717, 1.165) is 37.1 Å². The maximum absolute atomic E-state index is 9.29. The summed E-state index contributed by atoms with van der Waals surface area (Å²) >= 11 is 0. The summed E-state index contributed by atoms with van der Waals surface area (Å²) in [5.41, 5.74) is 1.11. The average Bonchev–Trinajstić information content (AvgIpc) is 2.46. The second kappa shape index (κ2) is 7.17. The van der Waals surface area contributed by atoms with Crippen molar-refractivity contribution >= 4 is 5.96 Å². The number of hydrogen-bond acceptors (Lipinski definition) is 2. The summed E-state index contributed by atoms with van der Waals surface area (Å²) in [6.07, 6.45) is 2.48. The Bertz CT molecular complexity index is 434. The van der Waals surface area contributed by atoms with Crippen molar-refractivity contribution in [3.8, 4) is 5.75 Å². The SMILES string of the molecule is CCNC(=NCc1ccc(O)cc1)N1CCC(C)CC1. The quantitative estimate of drug-likeness (QED) is 0.658. The highest BCUT2D eigenvalue weighted by Gasteiger charge is 2.18. The first kappa shape index (κ1) is 14.7. The summed E-state index contributed by atoms with van der Waals surface area (Å²) in [6.45, 7) is 8.13. The van der Waals surface area contributed by atoms with Crippen LogP contribution in [0.15, 0.2) is 29.3 Å². The highest BCUT2D eigenvalue weighted by atomic mass is 16.3. The second-order valence-electron chi connectivity index (χ2n) is 5.51. The highest BCUT2D eigenvalue weighted by molar-refractivity contribution is 5.80. The van der Waals surface area contributed by atoms with Crippen LogP contribution in [-0.2, 0) is 6.54 Å². The smallest absolute Gasteiger partial charge is 0.194 e. The van der Waals surface area contributed by atoms with Crippen LogP contribution in [0.25, 0.3) is 0 Å². The van der Waals surface area contributed by atoms with Gasteiger partial charge in [0.2, 0.25) is 0 Å². The molecule has 0 amide bonds. The van der Waals surface area contributed by atoms with Crippen molar-refractivity contribution in [2.45, 2.75) is 33.2 Å². The van der Waals surface area contributed by atoms with Gasteiger partial charge in [0.15, 0.2) is 5.96 Å². The number of likely N-dealkylation sites (tertiary alicyclic amines) is 1. The largest absolute Gasteiger partial charge is 0.508 e. The molecule has 0 spiro atoms. The summed E-state index contributed by atoms with van der Waals surface area (Å²) in [6, 6.07) is 7.25. The topological polar surface area (TPSA) is 47.9 Å². The van der Waals surface area contributed by atoms with E-state index in [1.165, 1.54) is 12.8 Å². The van der Waals surface area contributed by atoms with Crippen LogP contribution >= 0.6 is 0 Å². The van der Waals surface area contributed by atoms with Crippen LogP contribution in [0.2, 0.25) is 0 Å². The van der Waals surface area contributed by atoms with Gasteiger partial charge in [-0.25, -0.2) is 4.99 Å². The molecule has 0 bridgehead atoms. The molecule has 20 heavy (non-hydrogen) atoms. The fourth-order valence-corrected chi connectivity index (χ4v) is 2.41. The molecule has 2 rings (SSSR count). The summed E-state index contributed by atoms with van der Waals surface area (Å²) in [5.74, 6) is 2.13. The molecule has 0 radical (unpaired) electrons. The minimum atomic E-state index is 0.301. The number of phenolic OH excluding ortho intramolecular Hbond substituents is 1. The number of hydrogen-bond donors (Lipinski definition) is 2. The summed E-state index contributed by atoms with van der Waals surface area (Å²) < 4.78 is 0. The number of aliphatic imine (C=N–C) groups is 1. The number of piperidine rings is 1. The van der Waals surface area contributed by atoms with Gasteiger partial charge in [0, 0.05) is 19.6 Å². The van der Waals surface area contributed by atoms with Crippen molar-refractivity contribution in [1.29, 1.82) is 0 Å². The zero-order valence-corrected chi connectivity index (χ0v) is 12.5. The van der Waals surface area contributed by atoms with Gasteiger partial charge < -0.3 is 15.3 Å². The number of benzene rings is 1. The molecule has 4 heteroatoms. The van der Waals surface area contributed by atoms with E-state index in [1.807, 2.05) is 12.1 Å². The van der Waals surface area contributed by atoms with Crippen LogP contribution in [-0.4, -0.2) is 35.6 Å². The summed E-state index contributed by atoms with van der Waals surface area (Å²) in [4.78, 5) is 7.06. The number of nitrogens with zero attached hydrogens (tertiary/aromatic N) is 2. The van der Waals surface area contributed by atoms with Gasteiger partial charge in [-0.2, -0.15) is 0 Å². The first-order chi connectivity index (χ1) is 9.69. The Balaban J connectivity index is 1.99. The van der Waals surface area contributed by atoms with E-state index in [4.69, 9.17) is 4.99 Å². The van der Waals surface area contributed by atoms with E-state index >= 15 is 0 Å². The van der Waals surface area contributed by atoms with Crippen LogP contribution in [0.5, 0.6) is 5.75 Å². The molecule has 1 aliphatic rings. The Hall–Kier alpha value is -1.71. The van der Waals surface area contributed by atoms with Gasteiger partial charge in [-0.1, -0.05) is 19.1 Å². The Kier molecular flexibility index (Phi) is 5.27. The molecular formula is C16H25N3O. The third-order valence-corrected chi connectivity index (χ3v) is 3.77. The lowest BCUT2D eigenvalue weighted by atomic mass is 10.00. The fourth-order valence-electron chi connectivity index (χ4n) is 2.41. The molecule has 1 heterocycles. The molecule has 110 valence electrons. The molecule has 1 aromatic rings. The van der Waals surface area contributed by atoms with Crippen molar-refractivity contribution < 1.29 is 5.11 Å². The normalized spacial score (nSPS) is 17.3. The lowest BCUT2D eigenvalue weighted by Crippen LogP contribution is -2.45. The van der Waals surface area contributed by atoms with Crippen molar-refractivity contribution in [2.24, 2.45) is 10.9 Å². The number of guanidine groups is 1.